The zero-order chi connectivity index (χ0) is 30.0. The van der Waals surface area contributed by atoms with Gasteiger partial charge in [-0.3, -0.25) is 24.1 Å². The average Bonchev–Trinajstić information content (AvgIpc) is 2.84. The number of benzene rings is 1. The fourth-order valence-electron chi connectivity index (χ4n) is 6.16. The molecule has 2 amide bonds. The van der Waals surface area contributed by atoms with Crippen molar-refractivity contribution < 1.29 is 39.6 Å². The van der Waals surface area contributed by atoms with Crippen LogP contribution in [0.4, 0.5) is 11.4 Å². The molecular formula is C27H35N5O8. The van der Waals surface area contributed by atoms with Crippen molar-refractivity contribution >= 4 is 34.8 Å². The van der Waals surface area contributed by atoms with Crippen LogP contribution in [-0.4, -0.2) is 114 Å². The Morgan fingerprint density at radius 1 is 1.10 bits per heavy atom. The van der Waals surface area contributed by atoms with Gasteiger partial charge in [0.25, 0.3) is 5.91 Å². The molecule has 1 aromatic rings. The van der Waals surface area contributed by atoms with Crippen LogP contribution >= 0.6 is 0 Å². The normalized spacial score (nSPS) is 25.9. The number of allylic oxidation sites excluding steroid dienone is 1. The maximum atomic E-state index is 14.0. The van der Waals surface area contributed by atoms with Crippen LogP contribution in [0, 0.1) is 11.8 Å². The fraction of sp³-hybridized carbons (Fsp3) is 0.481. The van der Waals surface area contributed by atoms with Gasteiger partial charge < -0.3 is 41.3 Å². The summed E-state index contributed by atoms with van der Waals surface area (Å²) >= 11 is 0. The van der Waals surface area contributed by atoms with Crippen LogP contribution in [0.15, 0.2) is 28.7 Å². The number of nitrogens with two attached hydrogens (primary N) is 1. The predicted octanol–water partition coefficient (Wildman–Crippen LogP) is -0.313. The van der Waals surface area contributed by atoms with Crippen molar-refractivity contribution in [3.63, 3.8) is 0 Å². The zero-order valence-corrected chi connectivity index (χ0v) is 23.3. The molecule has 0 aromatic heterocycles. The number of likely N-dealkylation sites (N-methyl/N-ethyl adjacent to an activating group) is 2. The number of rotatable bonds is 6. The van der Waals surface area contributed by atoms with Gasteiger partial charge in [0.05, 0.1) is 23.8 Å². The number of Topliss-reactive ketones (excluding diaryl/α,β-unsaturated/α-hetero) is 2. The van der Waals surface area contributed by atoms with Crippen LogP contribution in [-0.2, 0) is 20.8 Å². The summed E-state index contributed by atoms with van der Waals surface area (Å²) < 4.78 is 0. The number of fused-ring (bicyclic) bond motifs is 3. The van der Waals surface area contributed by atoms with Crippen molar-refractivity contribution in [1.29, 1.82) is 0 Å². The SMILES string of the molecule is CN(C)C(=O)CNc1cc(N(C)C)c2c(c1O)C(=O)C1=C(O)C3(O)C(=O)C(C(N)=O)=C(O)C(N(C)C)C3CC1C2. The number of amides is 2. The summed E-state index contributed by atoms with van der Waals surface area (Å²) in [6.45, 7) is -0.162. The third-order valence-corrected chi connectivity index (χ3v) is 8.11. The van der Waals surface area contributed by atoms with Crippen molar-refractivity contribution in [2.24, 2.45) is 17.6 Å². The molecule has 0 bridgehead atoms. The van der Waals surface area contributed by atoms with Gasteiger partial charge in [-0.15, -0.1) is 0 Å². The van der Waals surface area contributed by atoms with E-state index in [1.807, 2.05) is 0 Å². The molecule has 0 spiro atoms. The van der Waals surface area contributed by atoms with E-state index in [4.69, 9.17) is 5.73 Å². The van der Waals surface area contributed by atoms with Gasteiger partial charge in [-0.05, 0) is 44.5 Å². The second-order valence-electron chi connectivity index (χ2n) is 11.1. The van der Waals surface area contributed by atoms with Crippen molar-refractivity contribution in [2.45, 2.75) is 24.5 Å². The molecule has 216 valence electrons. The lowest BCUT2D eigenvalue weighted by Gasteiger charge is -2.50. The topological polar surface area (TPSA) is 197 Å². The second kappa shape index (κ2) is 9.82. The summed E-state index contributed by atoms with van der Waals surface area (Å²) in [4.78, 5) is 56.3. The van der Waals surface area contributed by atoms with E-state index in [2.05, 4.69) is 5.32 Å². The van der Waals surface area contributed by atoms with Crippen LogP contribution in [0.1, 0.15) is 22.3 Å². The molecule has 3 aliphatic rings. The second-order valence-corrected chi connectivity index (χ2v) is 11.1. The number of nitrogens with zero attached hydrogens (tertiary/aromatic N) is 3. The van der Waals surface area contributed by atoms with Gasteiger partial charge in [0, 0.05) is 45.4 Å². The molecule has 40 heavy (non-hydrogen) atoms. The molecule has 0 radical (unpaired) electrons. The first kappa shape index (κ1) is 28.9. The first-order chi connectivity index (χ1) is 18.5. The number of carbonyl (C=O) groups excluding carboxylic acids is 4. The maximum absolute atomic E-state index is 14.0. The smallest absolute Gasteiger partial charge is 0.255 e. The summed E-state index contributed by atoms with van der Waals surface area (Å²) in [5.74, 6) is -7.43. The standard InChI is InChI=1S/C27H35N5O8/c1-30(2)15-9-14(29-10-16(33)31(3)4)21(34)18-12(15)7-11-8-13-20(32(5)6)23(36)19(26(28)39)25(38)27(13,40)24(37)17(11)22(18)35/h9,11,13,20,29,34,36-37,40H,7-8,10H2,1-6H3,(H2,28,39). The van der Waals surface area contributed by atoms with E-state index >= 15 is 0 Å². The van der Waals surface area contributed by atoms with Gasteiger partial charge in [0.15, 0.2) is 11.4 Å². The highest BCUT2D eigenvalue weighted by Crippen LogP contribution is 2.53. The van der Waals surface area contributed by atoms with E-state index in [9.17, 15) is 39.6 Å². The Morgan fingerprint density at radius 3 is 2.25 bits per heavy atom. The van der Waals surface area contributed by atoms with Crippen LogP contribution in [0.25, 0.3) is 0 Å². The van der Waals surface area contributed by atoms with E-state index in [0.29, 0.717) is 11.3 Å². The van der Waals surface area contributed by atoms with E-state index in [-0.39, 0.29) is 42.1 Å². The number of phenolic OH excluding ortho intramolecular Hbond substituents is 1. The monoisotopic (exact) mass is 557 g/mol. The summed E-state index contributed by atoms with van der Waals surface area (Å²) in [6, 6.07) is 0.561. The minimum Gasteiger partial charge on any atom is -0.510 e. The number of aromatic hydroxyl groups is 1. The lowest BCUT2D eigenvalue weighted by molar-refractivity contribution is -0.148. The molecule has 4 rings (SSSR count). The minimum absolute atomic E-state index is 0.00324. The number of hydrogen-bond donors (Lipinski definition) is 6. The zero-order valence-electron chi connectivity index (χ0n) is 23.3. The molecule has 0 saturated heterocycles. The molecule has 0 aliphatic heterocycles. The third kappa shape index (κ3) is 4.07. The van der Waals surface area contributed by atoms with Gasteiger partial charge >= 0.3 is 0 Å². The number of aliphatic hydroxyl groups is 3. The number of nitrogens with one attached hydrogen (secondary N) is 1. The lowest BCUT2D eigenvalue weighted by atomic mass is 9.58. The fourth-order valence-corrected chi connectivity index (χ4v) is 6.16. The number of hydrogen-bond acceptors (Lipinski definition) is 11. The van der Waals surface area contributed by atoms with Crippen LogP contribution < -0.4 is 16.0 Å². The van der Waals surface area contributed by atoms with Gasteiger partial charge in [-0.25, -0.2) is 0 Å². The number of aliphatic hydroxyl groups excluding tert-OH is 2. The van der Waals surface area contributed by atoms with Gasteiger partial charge in [0.1, 0.15) is 22.8 Å². The number of phenols is 1. The average molecular weight is 558 g/mol. The summed E-state index contributed by atoms with van der Waals surface area (Å²) in [6.07, 6.45) is 0.156. The Balaban J connectivity index is 1.92. The summed E-state index contributed by atoms with van der Waals surface area (Å²) in [5.41, 5.74) is 2.61. The highest BCUT2D eigenvalue weighted by molar-refractivity contribution is 6.25. The van der Waals surface area contributed by atoms with Gasteiger partial charge in [-0.1, -0.05) is 0 Å². The molecule has 13 nitrogen and oxygen atoms in total. The minimum atomic E-state index is -2.71. The van der Waals surface area contributed by atoms with Crippen molar-refractivity contribution in [1.82, 2.24) is 9.80 Å². The summed E-state index contributed by atoms with van der Waals surface area (Å²) in [5, 5.41) is 48.1. The predicted molar refractivity (Wildman–Crippen MR) is 145 cm³/mol. The maximum Gasteiger partial charge on any atom is 0.255 e. The number of carbonyl (C=O) groups is 4. The molecule has 1 aromatic carbocycles. The van der Waals surface area contributed by atoms with Crippen LogP contribution in [0.5, 0.6) is 5.75 Å². The highest BCUT2D eigenvalue weighted by atomic mass is 16.3. The number of ketones is 2. The van der Waals surface area contributed by atoms with Crippen molar-refractivity contribution in [3.05, 3.63) is 39.9 Å². The highest BCUT2D eigenvalue weighted by Gasteiger charge is 2.63. The van der Waals surface area contributed by atoms with E-state index in [1.165, 1.54) is 9.80 Å². The van der Waals surface area contributed by atoms with Crippen molar-refractivity contribution in [3.8, 4) is 5.75 Å². The lowest BCUT2D eigenvalue weighted by Crippen LogP contribution is -2.63. The number of primary amides is 1. The quantitative estimate of drug-likeness (QED) is 0.198. The molecule has 13 heteroatoms. The molecule has 4 unspecified atom stereocenters. The number of anilines is 2. The van der Waals surface area contributed by atoms with E-state index in [0.717, 1.165) is 0 Å². The Kier molecular flexibility index (Phi) is 7.10. The molecule has 0 heterocycles. The molecule has 0 saturated carbocycles. The Hall–Kier alpha value is -4.10. The Bertz CT molecular complexity index is 1400. The molecule has 0 fully saturated rings. The molecule has 7 N–H and O–H groups in total. The van der Waals surface area contributed by atoms with Crippen molar-refractivity contribution in [2.75, 3.05) is 59.0 Å². The molecule has 3 aliphatic carbocycles. The Labute approximate surface area is 231 Å². The van der Waals surface area contributed by atoms with E-state index in [1.54, 1.807) is 53.3 Å². The molecule has 4 atom stereocenters. The third-order valence-electron chi connectivity index (χ3n) is 8.11. The Morgan fingerprint density at radius 2 is 1.73 bits per heavy atom. The molecular weight excluding hydrogens is 522 g/mol. The summed E-state index contributed by atoms with van der Waals surface area (Å²) in [7, 11) is 9.81. The van der Waals surface area contributed by atoms with Gasteiger partial charge in [0.2, 0.25) is 11.7 Å². The van der Waals surface area contributed by atoms with Crippen LogP contribution in [0.2, 0.25) is 0 Å². The first-order valence-electron chi connectivity index (χ1n) is 12.7. The largest absolute Gasteiger partial charge is 0.510 e. The van der Waals surface area contributed by atoms with E-state index < -0.39 is 63.8 Å². The van der Waals surface area contributed by atoms with Gasteiger partial charge in [-0.2, -0.15) is 0 Å². The van der Waals surface area contributed by atoms with Crippen LogP contribution in [0.3, 0.4) is 0 Å². The first-order valence-corrected chi connectivity index (χ1v) is 12.7.